The van der Waals surface area contributed by atoms with Gasteiger partial charge in [0.25, 0.3) is 0 Å². The van der Waals surface area contributed by atoms with Crippen LogP contribution >= 0.6 is 11.3 Å². The molecule has 0 aliphatic heterocycles. The summed E-state index contributed by atoms with van der Waals surface area (Å²) in [6.07, 6.45) is -2.84. The number of ether oxygens (including phenoxy) is 1. The molecule has 1 atom stereocenters. The van der Waals surface area contributed by atoms with Gasteiger partial charge < -0.3 is 10.5 Å². The second-order valence-corrected chi connectivity index (χ2v) is 5.25. The van der Waals surface area contributed by atoms with Crippen LogP contribution < -0.4 is 10.5 Å². The lowest BCUT2D eigenvalue weighted by Crippen LogP contribution is -2.12. The maximum absolute atomic E-state index is 12.5. The molecule has 1 aromatic heterocycles. The predicted octanol–water partition coefficient (Wildman–Crippen LogP) is 3.41. The lowest BCUT2D eigenvalue weighted by molar-refractivity contribution is -0.137. The maximum Gasteiger partial charge on any atom is 0.443 e. The molecule has 2 N–H and O–H groups in total. The molecule has 0 radical (unpaired) electrons. The lowest BCUT2D eigenvalue weighted by atomic mass is 10.0. The number of nitrogens with zero attached hydrogens (tertiary/aromatic N) is 1. The number of methoxy groups -OCH3 is 1. The van der Waals surface area contributed by atoms with Crippen LogP contribution in [0.25, 0.3) is 0 Å². The summed E-state index contributed by atoms with van der Waals surface area (Å²) in [6.45, 7) is 0. The second-order valence-electron chi connectivity index (χ2n) is 4.19. The van der Waals surface area contributed by atoms with Gasteiger partial charge >= 0.3 is 6.18 Å². The molecule has 1 heterocycles. The monoisotopic (exact) mass is 302 g/mol. The average Bonchev–Trinajstić information content (AvgIpc) is 2.89. The highest BCUT2D eigenvalue weighted by Crippen LogP contribution is 2.35. The van der Waals surface area contributed by atoms with E-state index in [1.54, 1.807) is 13.2 Å². The Kier molecular flexibility index (Phi) is 4.29. The summed E-state index contributed by atoms with van der Waals surface area (Å²) in [7, 11) is 1.54. The Bertz CT molecular complexity index is 583. The van der Waals surface area contributed by atoms with Crippen LogP contribution in [0.1, 0.15) is 21.5 Å². The van der Waals surface area contributed by atoms with Crippen molar-refractivity contribution in [1.82, 2.24) is 4.98 Å². The Morgan fingerprint density at radius 1 is 1.35 bits per heavy atom. The number of hydrogen-bond donors (Lipinski definition) is 1. The second kappa shape index (κ2) is 5.80. The maximum atomic E-state index is 12.5. The summed E-state index contributed by atoms with van der Waals surface area (Å²) in [5, 5.41) is -0.872. The van der Waals surface area contributed by atoms with E-state index in [1.807, 2.05) is 18.2 Å². The molecule has 1 unspecified atom stereocenters. The first-order chi connectivity index (χ1) is 9.41. The Labute approximate surface area is 118 Å². The molecule has 0 aliphatic rings. The van der Waals surface area contributed by atoms with Crippen molar-refractivity contribution in [2.75, 3.05) is 7.11 Å². The number of rotatable bonds is 4. The minimum Gasteiger partial charge on any atom is -0.496 e. The van der Waals surface area contributed by atoms with Crippen LogP contribution in [0, 0.1) is 0 Å². The smallest absolute Gasteiger partial charge is 0.443 e. The topological polar surface area (TPSA) is 48.1 Å². The largest absolute Gasteiger partial charge is 0.496 e. The molecule has 0 amide bonds. The van der Waals surface area contributed by atoms with Gasteiger partial charge in [0.2, 0.25) is 0 Å². The van der Waals surface area contributed by atoms with Crippen molar-refractivity contribution in [1.29, 1.82) is 0 Å². The first kappa shape index (κ1) is 14.8. The first-order valence-corrected chi connectivity index (χ1v) is 6.64. The summed E-state index contributed by atoms with van der Waals surface area (Å²) in [5.41, 5.74) is 6.81. The van der Waals surface area contributed by atoms with Gasteiger partial charge in [0.05, 0.1) is 7.11 Å². The summed E-state index contributed by atoms with van der Waals surface area (Å²) in [5.74, 6) is 0.670. The fourth-order valence-electron chi connectivity index (χ4n) is 1.80. The minimum absolute atomic E-state index is 0.392. The highest BCUT2D eigenvalue weighted by molar-refractivity contribution is 7.11. The number of hydrogen-bond acceptors (Lipinski definition) is 4. The Morgan fingerprint density at radius 2 is 2.05 bits per heavy atom. The van der Waals surface area contributed by atoms with E-state index < -0.39 is 17.2 Å². The molecule has 0 saturated carbocycles. The van der Waals surface area contributed by atoms with Crippen LogP contribution in [-0.4, -0.2) is 12.1 Å². The molecule has 108 valence electrons. The predicted molar refractivity (Wildman–Crippen MR) is 70.7 cm³/mol. The van der Waals surface area contributed by atoms with Gasteiger partial charge in [-0.15, -0.1) is 11.3 Å². The van der Waals surface area contributed by atoms with Crippen molar-refractivity contribution in [2.45, 2.75) is 18.6 Å². The van der Waals surface area contributed by atoms with E-state index in [9.17, 15) is 13.2 Å². The molecule has 0 saturated heterocycles. The molecule has 7 heteroatoms. The fourth-order valence-corrected chi connectivity index (χ4v) is 2.58. The highest BCUT2D eigenvalue weighted by atomic mass is 32.1. The van der Waals surface area contributed by atoms with Gasteiger partial charge in [-0.3, -0.25) is 0 Å². The number of aromatic nitrogens is 1. The van der Waals surface area contributed by atoms with Crippen LogP contribution in [0.4, 0.5) is 13.2 Å². The molecule has 0 spiro atoms. The zero-order valence-corrected chi connectivity index (χ0v) is 11.5. The van der Waals surface area contributed by atoms with Crippen molar-refractivity contribution >= 4 is 11.3 Å². The molecule has 0 fully saturated rings. The van der Waals surface area contributed by atoms with Gasteiger partial charge in [-0.2, -0.15) is 13.2 Å². The number of halogens is 3. The third-order valence-electron chi connectivity index (χ3n) is 2.76. The molecular formula is C13H13F3N2OS. The van der Waals surface area contributed by atoms with Gasteiger partial charge in [0.15, 0.2) is 5.01 Å². The molecule has 20 heavy (non-hydrogen) atoms. The van der Waals surface area contributed by atoms with Gasteiger partial charge in [-0.05, 0) is 18.1 Å². The summed E-state index contributed by atoms with van der Waals surface area (Å²) >= 11 is 0.579. The number of benzene rings is 1. The minimum atomic E-state index is -4.42. The van der Waals surface area contributed by atoms with Gasteiger partial charge in [0, 0.05) is 17.1 Å². The molecule has 0 aliphatic carbocycles. The van der Waals surface area contributed by atoms with E-state index >= 15 is 0 Å². The van der Waals surface area contributed by atoms with E-state index in [4.69, 9.17) is 10.5 Å². The van der Waals surface area contributed by atoms with Crippen LogP contribution in [0.5, 0.6) is 5.75 Å². The molecule has 1 aromatic carbocycles. The van der Waals surface area contributed by atoms with E-state index in [1.165, 1.54) is 6.20 Å². The third kappa shape index (κ3) is 3.29. The van der Waals surface area contributed by atoms with Gasteiger partial charge in [0.1, 0.15) is 5.75 Å². The Hall–Kier alpha value is -1.60. The summed E-state index contributed by atoms with van der Waals surface area (Å²) in [6, 6.07) is 6.74. The van der Waals surface area contributed by atoms with E-state index in [0.29, 0.717) is 28.4 Å². The molecule has 3 nitrogen and oxygen atoms in total. The van der Waals surface area contributed by atoms with Crippen molar-refractivity contribution < 1.29 is 17.9 Å². The van der Waals surface area contributed by atoms with Crippen molar-refractivity contribution in [3.63, 3.8) is 0 Å². The van der Waals surface area contributed by atoms with Crippen LogP contribution in [0.15, 0.2) is 30.5 Å². The molecule has 0 bridgehead atoms. The van der Waals surface area contributed by atoms with Gasteiger partial charge in [-0.25, -0.2) is 4.98 Å². The van der Waals surface area contributed by atoms with Gasteiger partial charge in [-0.1, -0.05) is 18.2 Å². The number of nitrogens with two attached hydrogens (primary N) is 1. The van der Waals surface area contributed by atoms with Crippen LogP contribution in [0.3, 0.4) is 0 Å². The van der Waals surface area contributed by atoms with Crippen LogP contribution in [0.2, 0.25) is 0 Å². The third-order valence-corrected chi connectivity index (χ3v) is 3.94. The molecule has 2 aromatic rings. The van der Waals surface area contributed by atoms with Crippen molar-refractivity contribution in [2.24, 2.45) is 5.73 Å². The summed E-state index contributed by atoms with van der Waals surface area (Å²) < 4.78 is 42.7. The van der Waals surface area contributed by atoms with E-state index in [0.717, 1.165) is 5.56 Å². The normalized spacial score (nSPS) is 13.2. The fraction of sp³-hybridized carbons (Fsp3) is 0.308. The quantitative estimate of drug-likeness (QED) is 0.941. The highest BCUT2D eigenvalue weighted by Gasteiger charge is 2.35. The summed E-state index contributed by atoms with van der Waals surface area (Å²) in [4.78, 5) is 3.78. The standard InChI is InChI=1S/C13H13F3N2OS/c1-19-10-5-3-2-4-8(10)6-9(17)11-7-18-12(20-11)13(14,15)16/h2-5,7,9H,6,17H2,1H3. The zero-order chi connectivity index (χ0) is 14.8. The number of para-hydroxylation sites is 1. The Morgan fingerprint density at radius 3 is 2.65 bits per heavy atom. The van der Waals surface area contributed by atoms with Crippen LogP contribution in [-0.2, 0) is 12.6 Å². The van der Waals surface area contributed by atoms with E-state index in [-0.39, 0.29) is 0 Å². The Balaban J connectivity index is 2.16. The lowest BCUT2D eigenvalue weighted by Gasteiger charge is -2.12. The number of thiazole rings is 1. The zero-order valence-electron chi connectivity index (χ0n) is 10.6. The molecule has 2 rings (SSSR count). The number of alkyl halides is 3. The average molecular weight is 302 g/mol. The van der Waals surface area contributed by atoms with Crippen molar-refractivity contribution in [3.05, 3.63) is 45.9 Å². The molecular weight excluding hydrogens is 289 g/mol. The SMILES string of the molecule is COc1ccccc1CC(N)c1cnc(C(F)(F)F)s1. The van der Waals surface area contributed by atoms with Crippen molar-refractivity contribution in [3.8, 4) is 5.75 Å². The first-order valence-electron chi connectivity index (χ1n) is 5.82. The van der Waals surface area contributed by atoms with E-state index in [2.05, 4.69) is 4.98 Å².